The summed E-state index contributed by atoms with van der Waals surface area (Å²) in [5.41, 5.74) is 3.67. The molecule has 1 aliphatic carbocycles. The molecule has 0 N–H and O–H groups in total. The van der Waals surface area contributed by atoms with Gasteiger partial charge in [-0.2, -0.15) is 0 Å². The molecule has 2 aromatic rings. The summed E-state index contributed by atoms with van der Waals surface area (Å²) in [5, 5.41) is 2.56. The molecular weight excluding hydrogens is 256 g/mol. The summed E-state index contributed by atoms with van der Waals surface area (Å²) in [6.45, 7) is 8.86. The second-order valence-corrected chi connectivity index (χ2v) is 7.48. The fourth-order valence-corrected chi connectivity index (χ4v) is 3.54. The normalized spacial score (nSPS) is 17.3. The van der Waals surface area contributed by atoms with Gasteiger partial charge in [0, 0.05) is 34.3 Å². The first kappa shape index (κ1) is 14.5. The van der Waals surface area contributed by atoms with Crippen molar-refractivity contribution in [2.45, 2.75) is 71.1 Å². The first-order valence-electron chi connectivity index (χ1n) is 8.23. The van der Waals surface area contributed by atoms with E-state index in [1.54, 1.807) is 0 Å². The van der Waals surface area contributed by atoms with Crippen molar-refractivity contribution in [2.75, 3.05) is 0 Å². The molecule has 0 aromatic carbocycles. The summed E-state index contributed by atoms with van der Waals surface area (Å²) in [4.78, 5) is 9.60. The standard InChI is InChI=1S/C19H26N2/c1-13-17-15(10-11-20-13)12-16(14-8-6-5-7-9-14)21-18(17)19(2,3)4/h10-12,14H,5-9H2,1-4H3. The summed E-state index contributed by atoms with van der Waals surface area (Å²) in [6, 6.07) is 4.46. The highest BCUT2D eigenvalue weighted by atomic mass is 14.8. The van der Waals surface area contributed by atoms with Gasteiger partial charge in [-0.3, -0.25) is 9.97 Å². The van der Waals surface area contributed by atoms with Crippen molar-refractivity contribution in [1.29, 1.82) is 0 Å². The molecule has 0 aliphatic heterocycles. The van der Waals surface area contributed by atoms with Crippen molar-refractivity contribution in [3.63, 3.8) is 0 Å². The van der Waals surface area contributed by atoms with Crippen LogP contribution in [0.1, 0.15) is 75.9 Å². The number of hydrogen-bond donors (Lipinski definition) is 0. The highest BCUT2D eigenvalue weighted by molar-refractivity contribution is 5.87. The lowest BCUT2D eigenvalue weighted by Crippen LogP contribution is -2.17. The average Bonchev–Trinajstić information content (AvgIpc) is 2.46. The molecule has 1 saturated carbocycles. The van der Waals surface area contributed by atoms with Crippen LogP contribution in [-0.4, -0.2) is 9.97 Å². The van der Waals surface area contributed by atoms with Gasteiger partial charge in [0.25, 0.3) is 0 Å². The van der Waals surface area contributed by atoms with E-state index in [2.05, 4.69) is 44.8 Å². The first-order chi connectivity index (χ1) is 9.97. The number of nitrogens with zero attached hydrogens (tertiary/aromatic N) is 2. The van der Waals surface area contributed by atoms with E-state index in [1.807, 2.05) is 6.20 Å². The zero-order valence-corrected chi connectivity index (χ0v) is 13.7. The van der Waals surface area contributed by atoms with Crippen LogP contribution < -0.4 is 0 Å². The zero-order chi connectivity index (χ0) is 15.0. The Balaban J connectivity index is 2.20. The van der Waals surface area contributed by atoms with Crippen LogP contribution in [0.3, 0.4) is 0 Å². The predicted molar refractivity (Wildman–Crippen MR) is 88.8 cm³/mol. The molecule has 2 aromatic heterocycles. The van der Waals surface area contributed by atoms with Gasteiger partial charge in [0.2, 0.25) is 0 Å². The molecule has 21 heavy (non-hydrogen) atoms. The smallest absolute Gasteiger partial charge is 0.0556 e. The lowest BCUT2D eigenvalue weighted by molar-refractivity contribution is 0.434. The summed E-state index contributed by atoms with van der Waals surface area (Å²) in [7, 11) is 0. The van der Waals surface area contributed by atoms with E-state index < -0.39 is 0 Å². The van der Waals surface area contributed by atoms with Crippen LogP contribution in [0.5, 0.6) is 0 Å². The molecule has 2 heteroatoms. The van der Waals surface area contributed by atoms with Crippen molar-refractivity contribution in [2.24, 2.45) is 0 Å². The Kier molecular flexibility index (Phi) is 3.73. The Morgan fingerprint density at radius 1 is 1.10 bits per heavy atom. The van der Waals surface area contributed by atoms with Crippen LogP contribution in [0.25, 0.3) is 10.8 Å². The van der Waals surface area contributed by atoms with Gasteiger partial charge in [-0.15, -0.1) is 0 Å². The molecule has 0 saturated heterocycles. The maximum atomic E-state index is 5.12. The maximum absolute atomic E-state index is 5.12. The summed E-state index contributed by atoms with van der Waals surface area (Å²) in [5.74, 6) is 0.651. The highest BCUT2D eigenvalue weighted by Gasteiger charge is 2.24. The van der Waals surface area contributed by atoms with Crippen molar-refractivity contribution in [1.82, 2.24) is 9.97 Å². The van der Waals surface area contributed by atoms with Crippen LogP contribution in [0.15, 0.2) is 18.3 Å². The Hall–Kier alpha value is -1.44. The minimum Gasteiger partial charge on any atom is -0.261 e. The lowest BCUT2D eigenvalue weighted by atomic mass is 9.83. The topological polar surface area (TPSA) is 25.8 Å². The molecule has 1 aliphatic rings. The fraction of sp³-hybridized carbons (Fsp3) is 0.579. The molecule has 0 amide bonds. The van der Waals surface area contributed by atoms with E-state index in [-0.39, 0.29) is 5.41 Å². The second kappa shape index (κ2) is 5.40. The number of fused-ring (bicyclic) bond motifs is 1. The van der Waals surface area contributed by atoms with Gasteiger partial charge in [-0.25, -0.2) is 0 Å². The van der Waals surface area contributed by atoms with Gasteiger partial charge in [-0.05, 0) is 37.3 Å². The van der Waals surface area contributed by atoms with E-state index in [1.165, 1.54) is 54.3 Å². The van der Waals surface area contributed by atoms with E-state index >= 15 is 0 Å². The zero-order valence-electron chi connectivity index (χ0n) is 13.7. The molecule has 1 fully saturated rings. The Bertz CT molecular complexity index is 646. The average molecular weight is 282 g/mol. The van der Waals surface area contributed by atoms with E-state index in [9.17, 15) is 0 Å². The van der Waals surface area contributed by atoms with Gasteiger partial charge in [-0.1, -0.05) is 40.0 Å². The summed E-state index contributed by atoms with van der Waals surface area (Å²) >= 11 is 0. The molecule has 0 radical (unpaired) electrons. The number of hydrogen-bond acceptors (Lipinski definition) is 2. The molecule has 0 bridgehead atoms. The Morgan fingerprint density at radius 2 is 1.81 bits per heavy atom. The lowest BCUT2D eigenvalue weighted by Gasteiger charge is -2.26. The van der Waals surface area contributed by atoms with Crippen molar-refractivity contribution in [3.8, 4) is 0 Å². The largest absolute Gasteiger partial charge is 0.261 e. The van der Waals surface area contributed by atoms with E-state index in [4.69, 9.17) is 4.98 Å². The van der Waals surface area contributed by atoms with Crippen molar-refractivity contribution in [3.05, 3.63) is 35.4 Å². The molecule has 0 unspecified atom stereocenters. The third-order valence-corrected chi connectivity index (χ3v) is 4.69. The predicted octanol–water partition coefficient (Wildman–Crippen LogP) is 5.28. The minimum absolute atomic E-state index is 0.0523. The molecule has 112 valence electrons. The van der Waals surface area contributed by atoms with Gasteiger partial charge in [0.05, 0.1) is 5.69 Å². The number of aryl methyl sites for hydroxylation is 1. The molecular formula is C19H26N2. The van der Waals surface area contributed by atoms with Crippen molar-refractivity contribution < 1.29 is 0 Å². The molecule has 3 rings (SSSR count). The van der Waals surface area contributed by atoms with Gasteiger partial charge in [0.1, 0.15) is 0 Å². The van der Waals surface area contributed by atoms with Gasteiger partial charge < -0.3 is 0 Å². The fourth-order valence-electron chi connectivity index (χ4n) is 3.54. The van der Waals surface area contributed by atoms with Crippen molar-refractivity contribution >= 4 is 10.8 Å². The monoisotopic (exact) mass is 282 g/mol. The number of rotatable bonds is 1. The second-order valence-electron chi connectivity index (χ2n) is 7.48. The van der Waals surface area contributed by atoms with Gasteiger partial charge >= 0.3 is 0 Å². The quantitative estimate of drug-likeness (QED) is 0.710. The van der Waals surface area contributed by atoms with Crippen LogP contribution in [0.2, 0.25) is 0 Å². The van der Waals surface area contributed by atoms with Crippen LogP contribution in [0, 0.1) is 6.92 Å². The van der Waals surface area contributed by atoms with Crippen LogP contribution in [0.4, 0.5) is 0 Å². The third kappa shape index (κ3) is 2.81. The van der Waals surface area contributed by atoms with E-state index in [0.717, 1.165) is 5.69 Å². The number of pyridine rings is 2. The van der Waals surface area contributed by atoms with Crippen LogP contribution in [-0.2, 0) is 5.41 Å². The Labute approximate surface area is 128 Å². The Morgan fingerprint density at radius 3 is 2.48 bits per heavy atom. The molecule has 0 atom stereocenters. The summed E-state index contributed by atoms with van der Waals surface area (Å²) < 4.78 is 0. The number of aromatic nitrogens is 2. The molecule has 2 nitrogen and oxygen atoms in total. The maximum Gasteiger partial charge on any atom is 0.0556 e. The SMILES string of the molecule is Cc1nccc2cc(C3CCCCC3)nc(C(C)(C)C)c12. The highest BCUT2D eigenvalue weighted by Crippen LogP contribution is 2.36. The summed E-state index contributed by atoms with van der Waals surface area (Å²) in [6.07, 6.45) is 8.61. The molecule has 2 heterocycles. The first-order valence-corrected chi connectivity index (χ1v) is 8.23. The minimum atomic E-state index is 0.0523. The third-order valence-electron chi connectivity index (χ3n) is 4.69. The molecule has 0 spiro atoms. The van der Waals surface area contributed by atoms with Crippen LogP contribution >= 0.6 is 0 Å². The van der Waals surface area contributed by atoms with E-state index in [0.29, 0.717) is 5.92 Å². The van der Waals surface area contributed by atoms with Gasteiger partial charge in [0.15, 0.2) is 0 Å².